The summed E-state index contributed by atoms with van der Waals surface area (Å²) in [6.45, 7) is 2.82. The normalized spacial score (nSPS) is 31.5. The third kappa shape index (κ3) is 2.26. The van der Waals surface area contributed by atoms with Gasteiger partial charge in [-0.3, -0.25) is 0 Å². The monoisotopic (exact) mass is 155 g/mol. The number of rotatable bonds is 5. The third-order valence-corrected chi connectivity index (χ3v) is 2.63. The number of nitrogens with one attached hydrogen (secondary N) is 1. The SMILES string of the molecule is CCC1CC1[C@H](N)CCN=N. The predicted molar refractivity (Wildman–Crippen MR) is 44.5 cm³/mol. The van der Waals surface area contributed by atoms with Gasteiger partial charge in [-0.2, -0.15) is 5.11 Å². The lowest BCUT2D eigenvalue weighted by atomic mass is 10.1. The highest BCUT2D eigenvalue weighted by molar-refractivity contribution is 4.92. The molecule has 0 aliphatic heterocycles. The summed E-state index contributed by atoms with van der Waals surface area (Å²) < 4.78 is 0. The molecule has 3 atom stereocenters. The van der Waals surface area contributed by atoms with Crippen molar-refractivity contribution in [3.05, 3.63) is 0 Å². The lowest BCUT2D eigenvalue weighted by Gasteiger charge is -2.07. The van der Waals surface area contributed by atoms with Crippen LogP contribution < -0.4 is 5.73 Å². The Morgan fingerprint density at radius 3 is 2.91 bits per heavy atom. The predicted octanol–water partition coefficient (Wildman–Crippen LogP) is 1.78. The molecule has 0 amide bonds. The summed E-state index contributed by atoms with van der Waals surface area (Å²) >= 11 is 0. The standard InChI is InChI=1S/C8H17N3/c1-2-6-5-7(6)8(9)3-4-11-10/h6-8,10H,2-5,9H2,1H3/t6?,7?,8-/m1/s1. The van der Waals surface area contributed by atoms with Crippen molar-refractivity contribution in [3.63, 3.8) is 0 Å². The van der Waals surface area contributed by atoms with Crippen molar-refractivity contribution in [1.29, 1.82) is 5.53 Å². The second-order valence-electron chi connectivity index (χ2n) is 3.40. The number of hydrogen-bond acceptors (Lipinski definition) is 3. The summed E-state index contributed by atoms with van der Waals surface area (Å²) in [5.74, 6) is 1.61. The van der Waals surface area contributed by atoms with E-state index in [1.165, 1.54) is 12.8 Å². The van der Waals surface area contributed by atoms with Crippen LogP contribution in [-0.4, -0.2) is 12.6 Å². The maximum Gasteiger partial charge on any atom is 0.0611 e. The largest absolute Gasteiger partial charge is 0.327 e. The summed E-state index contributed by atoms with van der Waals surface area (Å²) in [7, 11) is 0. The molecule has 0 bridgehead atoms. The Bertz CT molecular complexity index is 135. The molecule has 1 aliphatic rings. The molecule has 0 aromatic carbocycles. The first-order valence-electron chi connectivity index (χ1n) is 4.38. The molecule has 0 aromatic heterocycles. The van der Waals surface area contributed by atoms with Gasteiger partial charge in [0.05, 0.1) is 6.54 Å². The van der Waals surface area contributed by atoms with Crippen molar-refractivity contribution in [2.45, 2.75) is 32.2 Å². The van der Waals surface area contributed by atoms with Crippen LogP contribution in [-0.2, 0) is 0 Å². The Balaban J connectivity index is 2.11. The van der Waals surface area contributed by atoms with E-state index >= 15 is 0 Å². The van der Waals surface area contributed by atoms with E-state index in [1.54, 1.807) is 0 Å². The van der Waals surface area contributed by atoms with E-state index in [2.05, 4.69) is 12.0 Å². The minimum Gasteiger partial charge on any atom is -0.327 e. The number of nitrogens with zero attached hydrogens (tertiary/aromatic N) is 1. The zero-order chi connectivity index (χ0) is 8.27. The fourth-order valence-electron chi connectivity index (χ4n) is 1.69. The molecule has 3 heteroatoms. The van der Waals surface area contributed by atoms with E-state index in [0.29, 0.717) is 12.6 Å². The molecule has 0 saturated heterocycles. The third-order valence-electron chi connectivity index (χ3n) is 2.63. The minimum absolute atomic E-state index is 0.300. The lowest BCUT2D eigenvalue weighted by molar-refractivity contribution is 0.511. The van der Waals surface area contributed by atoms with Crippen LogP contribution in [0.5, 0.6) is 0 Å². The average Bonchev–Trinajstić information content (AvgIpc) is 2.78. The topological polar surface area (TPSA) is 62.2 Å². The van der Waals surface area contributed by atoms with Gasteiger partial charge < -0.3 is 5.73 Å². The van der Waals surface area contributed by atoms with Gasteiger partial charge in [0.15, 0.2) is 0 Å². The Kier molecular flexibility index (Phi) is 3.00. The summed E-state index contributed by atoms with van der Waals surface area (Å²) in [5, 5.41) is 3.31. The van der Waals surface area contributed by atoms with Crippen molar-refractivity contribution in [2.75, 3.05) is 6.54 Å². The number of nitrogens with two attached hydrogens (primary N) is 1. The molecule has 0 radical (unpaired) electrons. The highest BCUT2D eigenvalue weighted by Gasteiger charge is 2.39. The number of hydrogen-bond donors (Lipinski definition) is 2. The fraction of sp³-hybridized carbons (Fsp3) is 1.00. The van der Waals surface area contributed by atoms with Gasteiger partial charge in [0.1, 0.15) is 0 Å². The Morgan fingerprint density at radius 2 is 2.45 bits per heavy atom. The molecule has 0 aromatic rings. The van der Waals surface area contributed by atoms with Crippen LogP contribution in [0.4, 0.5) is 0 Å². The van der Waals surface area contributed by atoms with E-state index in [-0.39, 0.29) is 0 Å². The zero-order valence-electron chi connectivity index (χ0n) is 7.09. The van der Waals surface area contributed by atoms with Crippen LogP contribution in [0.2, 0.25) is 0 Å². The summed E-state index contributed by atoms with van der Waals surface area (Å²) in [4.78, 5) is 0. The van der Waals surface area contributed by atoms with Gasteiger partial charge in [0.25, 0.3) is 0 Å². The molecule has 1 rings (SSSR count). The maximum absolute atomic E-state index is 6.62. The molecular formula is C8H17N3. The van der Waals surface area contributed by atoms with Crippen LogP contribution >= 0.6 is 0 Å². The van der Waals surface area contributed by atoms with Crippen LogP contribution in [0.15, 0.2) is 5.11 Å². The highest BCUT2D eigenvalue weighted by atomic mass is 14.9. The molecule has 1 aliphatic carbocycles. The molecule has 1 fully saturated rings. The Hall–Kier alpha value is -0.440. The molecular weight excluding hydrogens is 138 g/mol. The molecule has 64 valence electrons. The summed E-state index contributed by atoms with van der Waals surface area (Å²) in [6, 6.07) is 0.300. The van der Waals surface area contributed by atoms with Gasteiger partial charge in [0.2, 0.25) is 0 Å². The molecule has 2 unspecified atom stereocenters. The van der Waals surface area contributed by atoms with E-state index in [0.717, 1.165) is 18.3 Å². The second-order valence-corrected chi connectivity index (χ2v) is 3.40. The van der Waals surface area contributed by atoms with Gasteiger partial charge in [-0.25, -0.2) is 5.53 Å². The lowest BCUT2D eigenvalue weighted by Crippen LogP contribution is -2.24. The van der Waals surface area contributed by atoms with Crippen LogP contribution in [0.3, 0.4) is 0 Å². The van der Waals surface area contributed by atoms with Crippen molar-refractivity contribution < 1.29 is 0 Å². The molecule has 1 saturated carbocycles. The van der Waals surface area contributed by atoms with Gasteiger partial charge >= 0.3 is 0 Å². The van der Waals surface area contributed by atoms with Crippen molar-refractivity contribution in [3.8, 4) is 0 Å². The van der Waals surface area contributed by atoms with Crippen LogP contribution in [0, 0.1) is 17.4 Å². The van der Waals surface area contributed by atoms with Crippen LogP contribution in [0.1, 0.15) is 26.2 Å². The van der Waals surface area contributed by atoms with Gasteiger partial charge in [0, 0.05) is 6.04 Å². The van der Waals surface area contributed by atoms with Gasteiger partial charge in [-0.1, -0.05) is 13.3 Å². The van der Waals surface area contributed by atoms with E-state index in [1.807, 2.05) is 0 Å². The highest BCUT2D eigenvalue weighted by Crippen LogP contribution is 2.43. The van der Waals surface area contributed by atoms with Crippen molar-refractivity contribution >= 4 is 0 Å². The first-order valence-corrected chi connectivity index (χ1v) is 4.38. The minimum atomic E-state index is 0.300. The molecule has 0 spiro atoms. The van der Waals surface area contributed by atoms with E-state index < -0.39 is 0 Å². The van der Waals surface area contributed by atoms with Gasteiger partial charge in [-0.15, -0.1) is 0 Å². The quantitative estimate of drug-likeness (QED) is 0.584. The first kappa shape index (κ1) is 8.65. The zero-order valence-corrected chi connectivity index (χ0v) is 7.09. The second kappa shape index (κ2) is 3.81. The summed E-state index contributed by atoms with van der Waals surface area (Å²) in [6.07, 6.45) is 3.46. The molecule has 3 nitrogen and oxygen atoms in total. The van der Waals surface area contributed by atoms with Crippen LogP contribution in [0.25, 0.3) is 0 Å². The molecule has 11 heavy (non-hydrogen) atoms. The average molecular weight is 155 g/mol. The van der Waals surface area contributed by atoms with Gasteiger partial charge in [-0.05, 0) is 24.7 Å². The smallest absolute Gasteiger partial charge is 0.0611 e. The van der Waals surface area contributed by atoms with Crippen molar-refractivity contribution in [2.24, 2.45) is 22.7 Å². The Labute approximate surface area is 67.9 Å². The molecule has 0 heterocycles. The molecule has 3 N–H and O–H groups in total. The first-order chi connectivity index (χ1) is 5.29. The van der Waals surface area contributed by atoms with E-state index in [4.69, 9.17) is 11.3 Å². The Morgan fingerprint density at radius 1 is 1.73 bits per heavy atom. The van der Waals surface area contributed by atoms with Crippen molar-refractivity contribution in [1.82, 2.24) is 0 Å². The maximum atomic E-state index is 6.62. The fourth-order valence-corrected chi connectivity index (χ4v) is 1.69. The summed E-state index contributed by atoms with van der Waals surface area (Å²) in [5.41, 5.74) is 12.5. The van der Waals surface area contributed by atoms with E-state index in [9.17, 15) is 0 Å².